The van der Waals surface area contributed by atoms with Gasteiger partial charge in [0.25, 0.3) is 5.91 Å². The number of piperazine rings is 1. The number of anilines is 5. The van der Waals surface area contributed by atoms with E-state index in [0.29, 0.717) is 29.1 Å². The highest BCUT2D eigenvalue weighted by Gasteiger charge is 2.20. The minimum atomic E-state index is -0.347. The normalized spacial score (nSPS) is 17.3. The number of aromatic nitrogens is 3. The van der Waals surface area contributed by atoms with Crippen LogP contribution in [0.4, 0.5) is 29.0 Å². The average molecular weight is 511 g/mol. The van der Waals surface area contributed by atoms with Gasteiger partial charge in [0.1, 0.15) is 17.2 Å². The molecule has 2 aromatic heterocycles. The summed E-state index contributed by atoms with van der Waals surface area (Å²) in [5.41, 5.74) is 4.74. The van der Waals surface area contributed by atoms with Gasteiger partial charge in [-0.1, -0.05) is 18.9 Å². The van der Waals surface area contributed by atoms with Crippen molar-refractivity contribution in [1.29, 1.82) is 0 Å². The second-order valence-corrected chi connectivity index (χ2v) is 9.96. The molecule has 38 heavy (non-hydrogen) atoms. The van der Waals surface area contributed by atoms with E-state index in [1.807, 2.05) is 18.2 Å². The molecule has 3 aromatic rings. The standard InChI is InChI=1S/C29H34N8O/c1-4-14-30-28(38)24-19-31-29(32-22-9-11-23(12-10-22)37-17-15-36(3)16-18-37)35-27(24)34-25-13-8-21-7-5-6-20(2)26(21)33-25/h1,8-13,19-20H,5-7,14-18H2,2-3H3,(H,30,38)(H2,31,32,33,34,35). The first-order valence-corrected chi connectivity index (χ1v) is 13.2. The van der Waals surface area contributed by atoms with E-state index in [2.05, 4.69) is 73.8 Å². The number of aryl methyl sites for hydroxylation is 1. The van der Waals surface area contributed by atoms with Crippen LogP contribution in [0.5, 0.6) is 0 Å². The summed E-state index contributed by atoms with van der Waals surface area (Å²) in [5.74, 6) is 3.86. The van der Waals surface area contributed by atoms with E-state index in [0.717, 1.165) is 50.4 Å². The van der Waals surface area contributed by atoms with E-state index >= 15 is 0 Å². The molecule has 0 saturated carbocycles. The molecule has 1 fully saturated rings. The molecule has 1 aromatic carbocycles. The second-order valence-electron chi connectivity index (χ2n) is 9.96. The molecule has 3 N–H and O–H groups in total. The van der Waals surface area contributed by atoms with Crippen LogP contribution in [0, 0.1) is 12.3 Å². The van der Waals surface area contributed by atoms with Crippen LogP contribution < -0.4 is 20.9 Å². The summed E-state index contributed by atoms with van der Waals surface area (Å²) >= 11 is 0. The lowest BCUT2D eigenvalue weighted by Gasteiger charge is -2.34. The van der Waals surface area contributed by atoms with Crippen LogP contribution in [0.15, 0.2) is 42.6 Å². The number of hydrogen-bond acceptors (Lipinski definition) is 8. The van der Waals surface area contributed by atoms with Crippen LogP contribution in [0.1, 0.15) is 47.3 Å². The number of nitrogens with one attached hydrogen (secondary N) is 3. The van der Waals surface area contributed by atoms with Gasteiger partial charge < -0.3 is 25.8 Å². The molecule has 1 atom stereocenters. The Labute approximate surface area is 224 Å². The molecule has 9 nitrogen and oxygen atoms in total. The van der Waals surface area contributed by atoms with Crippen molar-refractivity contribution in [3.8, 4) is 12.3 Å². The highest BCUT2D eigenvalue weighted by atomic mass is 16.1. The molecule has 0 bridgehead atoms. The number of likely N-dealkylation sites (N-methyl/N-ethyl adjacent to an activating group) is 1. The van der Waals surface area contributed by atoms with Crippen LogP contribution >= 0.6 is 0 Å². The van der Waals surface area contributed by atoms with Gasteiger partial charge in [-0.3, -0.25) is 4.79 Å². The number of rotatable bonds is 7. The number of amides is 1. The minimum Gasteiger partial charge on any atom is -0.369 e. The Morgan fingerprint density at radius 1 is 1.08 bits per heavy atom. The number of terminal acetylenes is 1. The van der Waals surface area contributed by atoms with Crippen molar-refractivity contribution in [2.75, 3.05) is 55.3 Å². The van der Waals surface area contributed by atoms with Crippen molar-refractivity contribution in [3.63, 3.8) is 0 Å². The summed E-state index contributed by atoms with van der Waals surface area (Å²) in [5, 5.41) is 9.21. The van der Waals surface area contributed by atoms with E-state index in [4.69, 9.17) is 11.4 Å². The van der Waals surface area contributed by atoms with Gasteiger partial charge in [-0.25, -0.2) is 9.97 Å². The van der Waals surface area contributed by atoms with Crippen LogP contribution in [0.2, 0.25) is 0 Å². The molecule has 1 saturated heterocycles. The lowest BCUT2D eigenvalue weighted by molar-refractivity contribution is 0.0959. The number of hydrogen-bond donors (Lipinski definition) is 3. The Morgan fingerprint density at radius 3 is 2.63 bits per heavy atom. The summed E-state index contributed by atoms with van der Waals surface area (Å²) in [6, 6.07) is 12.3. The SMILES string of the molecule is C#CCNC(=O)c1cnc(Nc2ccc(N3CCN(C)CC3)cc2)nc1Nc1ccc2c(n1)C(C)CCC2. The van der Waals surface area contributed by atoms with Gasteiger partial charge in [0, 0.05) is 49.4 Å². The monoisotopic (exact) mass is 510 g/mol. The van der Waals surface area contributed by atoms with E-state index in [-0.39, 0.29) is 12.5 Å². The Hall–Kier alpha value is -4.16. The molecule has 196 valence electrons. The van der Waals surface area contributed by atoms with E-state index < -0.39 is 0 Å². The maximum absolute atomic E-state index is 12.8. The highest BCUT2D eigenvalue weighted by molar-refractivity contribution is 5.99. The molecule has 5 rings (SSSR count). The Bertz CT molecular complexity index is 1330. The zero-order valence-corrected chi connectivity index (χ0v) is 22.0. The zero-order chi connectivity index (χ0) is 26.5. The molecule has 0 spiro atoms. The molecule has 9 heteroatoms. The molecule has 3 heterocycles. The molecule has 1 aliphatic heterocycles. The van der Waals surface area contributed by atoms with Crippen LogP contribution in [0.25, 0.3) is 0 Å². The zero-order valence-electron chi connectivity index (χ0n) is 22.0. The third-order valence-electron chi connectivity index (χ3n) is 7.19. The molecule has 1 unspecified atom stereocenters. The lowest BCUT2D eigenvalue weighted by Crippen LogP contribution is -2.44. The number of nitrogens with zero attached hydrogens (tertiary/aromatic N) is 5. The predicted molar refractivity (Wildman–Crippen MR) is 152 cm³/mol. The minimum absolute atomic E-state index is 0.118. The molecule has 1 amide bonds. The molecular formula is C29H34N8O. The average Bonchev–Trinajstić information content (AvgIpc) is 2.93. The topological polar surface area (TPSA) is 98.3 Å². The summed E-state index contributed by atoms with van der Waals surface area (Å²) < 4.78 is 0. The van der Waals surface area contributed by atoms with Gasteiger partial charge in [-0.15, -0.1) is 6.42 Å². The first-order valence-electron chi connectivity index (χ1n) is 13.2. The summed E-state index contributed by atoms with van der Waals surface area (Å²) in [4.78, 5) is 31.4. The van der Waals surface area contributed by atoms with Crippen molar-refractivity contribution >= 4 is 34.9 Å². The van der Waals surface area contributed by atoms with Crippen LogP contribution in [0.3, 0.4) is 0 Å². The lowest BCUT2D eigenvalue weighted by atomic mass is 9.88. The quantitative estimate of drug-likeness (QED) is 0.412. The molecular weight excluding hydrogens is 476 g/mol. The maximum Gasteiger partial charge on any atom is 0.257 e. The fraction of sp³-hybridized carbons (Fsp3) is 0.379. The van der Waals surface area contributed by atoms with Crippen LogP contribution in [-0.2, 0) is 6.42 Å². The van der Waals surface area contributed by atoms with E-state index in [1.165, 1.54) is 23.9 Å². The summed E-state index contributed by atoms with van der Waals surface area (Å²) in [7, 11) is 2.15. The second kappa shape index (κ2) is 11.5. The van der Waals surface area contributed by atoms with Gasteiger partial charge in [0.15, 0.2) is 0 Å². The Morgan fingerprint density at radius 2 is 1.87 bits per heavy atom. The van der Waals surface area contributed by atoms with E-state index in [9.17, 15) is 4.79 Å². The molecule has 1 aliphatic carbocycles. The Kier molecular flexibility index (Phi) is 7.70. The van der Waals surface area contributed by atoms with Crippen molar-refractivity contribution in [2.24, 2.45) is 0 Å². The first-order chi connectivity index (χ1) is 18.5. The van der Waals surface area contributed by atoms with Gasteiger partial charge in [-0.05, 0) is 68.1 Å². The maximum atomic E-state index is 12.8. The van der Waals surface area contributed by atoms with Gasteiger partial charge in [0.05, 0.1) is 6.54 Å². The smallest absolute Gasteiger partial charge is 0.257 e. The van der Waals surface area contributed by atoms with Gasteiger partial charge in [-0.2, -0.15) is 4.98 Å². The number of pyridine rings is 1. The van der Waals surface area contributed by atoms with Crippen molar-refractivity contribution in [1.82, 2.24) is 25.2 Å². The van der Waals surface area contributed by atoms with Crippen molar-refractivity contribution in [2.45, 2.75) is 32.1 Å². The summed E-state index contributed by atoms with van der Waals surface area (Å²) in [6.45, 7) is 6.47. The number of fused-ring (bicyclic) bond motifs is 1. The fourth-order valence-corrected chi connectivity index (χ4v) is 4.95. The Balaban J connectivity index is 1.37. The summed E-state index contributed by atoms with van der Waals surface area (Å²) in [6.07, 6.45) is 10.2. The number of carbonyl (C=O) groups excluding carboxylic acids is 1. The largest absolute Gasteiger partial charge is 0.369 e. The van der Waals surface area contributed by atoms with E-state index in [1.54, 1.807) is 0 Å². The fourth-order valence-electron chi connectivity index (χ4n) is 4.95. The van der Waals surface area contributed by atoms with Crippen molar-refractivity contribution < 1.29 is 4.79 Å². The number of benzene rings is 1. The molecule has 0 radical (unpaired) electrons. The third-order valence-corrected chi connectivity index (χ3v) is 7.19. The predicted octanol–water partition coefficient (Wildman–Crippen LogP) is 3.91. The van der Waals surface area contributed by atoms with Gasteiger partial charge >= 0.3 is 0 Å². The van der Waals surface area contributed by atoms with Crippen molar-refractivity contribution in [3.05, 3.63) is 59.4 Å². The first kappa shape index (κ1) is 25.5. The number of carbonyl (C=O) groups is 1. The van der Waals surface area contributed by atoms with Gasteiger partial charge in [0.2, 0.25) is 5.95 Å². The molecule has 2 aliphatic rings. The highest BCUT2D eigenvalue weighted by Crippen LogP contribution is 2.31. The third kappa shape index (κ3) is 5.87. The van der Waals surface area contributed by atoms with Crippen LogP contribution in [-0.4, -0.2) is 65.5 Å².